The molecule has 2 unspecified atom stereocenters. The van der Waals surface area contributed by atoms with Gasteiger partial charge in [0.1, 0.15) is 5.92 Å². The van der Waals surface area contributed by atoms with Crippen molar-refractivity contribution in [1.29, 1.82) is 0 Å². The van der Waals surface area contributed by atoms with Crippen molar-refractivity contribution in [3.05, 3.63) is 69.6 Å². The second-order valence-electron chi connectivity index (χ2n) is 6.11. The summed E-state index contributed by atoms with van der Waals surface area (Å²) in [5.41, 5.74) is 3.91. The molecule has 1 aliphatic rings. The number of hydrogen-bond donors (Lipinski definition) is 0. The van der Waals surface area contributed by atoms with Gasteiger partial charge in [-0.25, -0.2) is 0 Å². The number of pyridine rings is 1. The maximum atomic E-state index is 12.6. The Morgan fingerprint density at radius 2 is 1.81 bits per heavy atom. The van der Waals surface area contributed by atoms with Gasteiger partial charge in [0.25, 0.3) is 0 Å². The van der Waals surface area contributed by atoms with Crippen LogP contribution in [0.5, 0.6) is 0 Å². The summed E-state index contributed by atoms with van der Waals surface area (Å²) in [5.74, 6) is -1.40. The molecule has 2 heterocycles. The monoisotopic (exact) mass is 388 g/mol. The number of carbonyl (C=O) groups excluding carboxylic acids is 1. The Morgan fingerprint density at radius 1 is 1.12 bits per heavy atom. The maximum absolute atomic E-state index is 12.6. The molecule has 1 aromatic carbocycles. The number of methoxy groups -OCH3 is 1. The third kappa shape index (κ3) is 3.27. The molecule has 0 bridgehead atoms. The Kier molecular flexibility index (Phi) is 5.44. The van der Waals surface area contributed by atoms with E-state index in [2.05, 4.69) is 9.98 Å². The summed E-state index contributed by atoms with van der Waals surface area (Å²) in [4.78, 5) is 21.5. The van der Waals surface area contributed by atoms with Crippen molar-refractivity contribution >= 4 is 40.5 Å². The molecule has 0 radical (unpaired) electrons. The van der Waals surface area contributed by atoms with Crippen molar-refractivity contribution in [3.8, 4) is 0 Å². The number of benzene rings is 1. The minimum atomic E-state index is -0.615. The van der Waals surface area contributed by atoms with Crippen LogP contribution in [0.2, 0.25) is 10.0 Å². The number of halogens is 2. The highest BCUT2D eigenvalue weighted by Gasteiger charge is 2.41. The van der Waals surface area contributed by atoms with Crippen LogP contribution in [0.15, 0.2) is 53.4 Å². The number of aromatic nitrogens is 1. The van der Waals surface area contributed by atoms with Gasteiger partial charge in [-0.3, -0.25) is 14.8 Å². The molecule has 0 spiro atoms. The molecule has 3 rings (SSSR count). The molecule has 2 atom stereocenters. The molecule has 26 heavy (non-hydrogen) atoms. The Hall–Kier alpha value is -2.17. The summed E-state index contributed by atoms with van der Waals surface area (Å²) >= 11 is 13.0. The highest BCUT2D eigenvalue weighted by molar-refractivity contribution is 6.36. The molecular formula is C20H18Cl2N2O2. The molecule has 0 saturated heterocycles. The lowest BCUT2D eigenvalue weighted by molar-refractivity contribution is -0.143. The van der Waals surface area contributed by atoms with E-state index < -0.39 is 11.8 Å². The summed E-state index contributed by atoms with van der Waals surface area (Å²) in [6.45, 7) is 3.74. The molecule has 134 valence electrons. The highest BCUT2D eigenvalue weighted by Crippen LogP contribution is 2.48. The van der Waals surface area contributed by atoms with Crippen LogP contribution in [0.4, 0.5) is 0 Å². The first kappa shape index (κ1) is 18.6. The van der Waals surface area contributed by atoms with E-state index in [9.17, 15) is 4.79 Å². The number of aliphatic imine (C=N–C) groups is 1. The van der Waals surface area contributed by atoms with Crippen molar-refractivity contribution in [1.82, 2.24) is 4.98 Å². The lowest BCUT2D eigenvalue weighted by Crippen LogP contribution is -2.33. The summed E-state index contributed by atoms with van der Waals surface area (Å²) in [6.07, 6.45) is 3.45. The average molecular weight is 389 g/mol. The Morgan fingerprint density at radius 3 is 2.38 bits per heavy atom. The molecule has 0 aliphatic carbocycles. The van der Waals surface area contributed by atoms with Gasteiger partial charge in [0.2, 0.25) is 0 Å². The van der Waals surface area contributed by atoms with Crippen LogP contribution < -0.4 is 0 Å². The van der Waals surface area contributed by atoms with Gasteiger partial charge in [-0.15, -0.1) is 0 Å². The Labute approximate surface area is 162 Å². The number of allylic oxidation sites excluding steroid dienone is 2. The minimum absolute atomic E-state index is 0.374. The molecule has 4 nitrogen and oxygen atoms in total. The van der Waals surface area contributed by atoms with Gasteiger partial charge in [0.15, 0.2) is 0 Å². The number of ether oxygens (including phenoxy) is 1. The van der Waals surface area contributed by atoms with Gasteiger partial charge in [0.05, 0.1) is 7.11 Å². The number of esters is 1. The summed E-state index contributed by atoms with van der Waals surface area (Å²) in [6, 6.07) is 9.11. The fraction of sp³-hybridized carbons (Fsp3) is 0.250. The first-order valence-electron chi connectivity index (χ1n) is 8.13. The SMILES string of the molecule is COC(=O)C1C(C)=NC(C)=C(c2cccnc2)C1c1c(Cl)cccc1Cl. The van der Waals surface area contributed by atoms with Gasteiger partial charge in [-0.2, -0.15) is 0 Å². The van der Waals surface area contributed by atoms with Gasteiger partial charge in [-0.05, 0) is 48.7 Å². The van der Waals surface area contributed by atoms with Gasteiger partial charge in [-0.1, -0.05) is 35.3 Å². The lowest BCUT2D eigenvalue weighted by Gasteiger charge is -2.33. The first-order chi connectivity index (χ1) is 12.5. The Balaban J connectivity index is 2.32. The zero-order valence-electron chi connectivity index (χ0n) is 14.7. The smallest absolute Gasteiger partial charge is 0.315 e. The summed E-state index contributed by atoms with van der Waals surface area (Å²) < 4.78 is 5.07. The minimum Gasteiger partial charge on any atom is -0.468 e. The van der Waals surface area contributed by atoms with Gasteiger partial charge < -0.3 is 4.74 Å². The number of hydrogen-bond acceptors (Lipinski definition) is 4. The summed E-state index contributed by atoms with van der Waals surface area (Å²) in [7, 11) is 1.37. The fourth-order valence-electron chi connectivity index (χ4n) is 3.49. The Bertz CT molecular complexity index is 887. The third-order valence-electron chi connectivity index (χ3n) is 4.57. The second kappa shape index (κ2) is 7.60. The largest absolute Gasteiger partial charge is 0.468 e. The second-order valence-corrected chi connectivity index (χ2v) is 6.92. The van der Waals surface area contributed by atoms with Crippen molar-refractivity contribution in [2.45, 2.75) is 19.8 Å². The van der Waals surface area contributed by atoms with Crippen LogP contribution in [0.1, 0.15) is 30.9 Å². The van der Waals surface area contributed by atoms with Crippen molar-refractivity contribution in [2.24, 2.45) is 10.9 Å². The molecule has 0 amide bonds. The van der Waals surface area contributed by atoms with Crippen LogP contribution in [-0.2, 0) is 9.53 Å². The average Bonchev–Trinajstić information content (AvgIpc) is 2.61. The predicted molar refractivity (Wildman–Crippen MR) is 105 cm³/mol. The van der Waals surface area contributed by atoms with E-state index in [0.29, 0.717) is 21.3 Å². The van der Waals surface area contributed by atoms with Crippen LogP contribution in [0.25, 0.3) is 5.57 Å². The van der Waals surface area contributed by atoms with Gasteiger partial charge in [0, 0.05) is 39.8 Å². The quantitative estimate of drug-likeness (QED) is 0.681. The molecule has 1 aromatic heterocycles. The zero-order valence-corrected chi connectivity index (χ0v) is 16.2. The first-order valence-corrected chi connectivity index (χ1v) is 8.89. The lowest BCUT2D eigenvalue weighted by atomic mass is 9.73. The zero-order chi connectivity index (χ0) is 18.8. The molecule has 1 aliphatic heterocycles. The van der Waals surface area contributed by atoms with E-state index in [4.69, 9.17) is 27.9 Å². The third-order valence-corrected chi connectivity index (χ3v) is 5.23. The van der Waals surface area contributed by atoms with Crippen molar-refractivity contribution < 1.29 is 9.53 Å². The standard InChI is InChI=1S/C20H18Cl2N2O2/c1-11-16(13-6-5-9-23-10-13)19(17(12(2)24-11)20(25)26-3)18-14(21)7-4-8-15(18)22/h4-10,17,19H,1-3H3. The topological polar surface area (TPSA) is 51.5 Å². The maximum Gasteiger partial charge on any atom is 0.315 e. The number of rotatable bonds is 3. The predicted octanol–water partition coefficient (Wildman–Crippen LogP) is 5.17. The van der Waals surface area contributed by atoms with Crippen LogP contribution in [0.3, 0.4) is 0 Å². The fourth-order valence-corrected chi connectivity index (χ4v) is 4.12. The number of nitrogens with zero attached hydrogens (tertiary/aromatic N) is 2. The van der Waals surface area contributed by atoms with E-state index >= 15 is 0 Å². The molecule has 6 heteroatoms. The summed E-state index contributed by atoms with van der Waals surface area (Å²) in [5, 5.41) is 1.00. The van der Waals surface area contributed by atoms with Crippen LogP contribution >= 0.6 is 23.2 Å². The molecule has 0 saturated carbocycles. The van der Waals surface area contributed by atoms with E-state index in [1.54, 1.807) is 30.6 Å². The molecular weight excluding hydrogens is 371 g/mol. The highest BCUT2D eigenvalue weighted by atomic mass is 35.5. The molecule has 0 N–H and O–H groups in total. The molecule has 0 fully saturated rings. The number of carbonyl (C=O) groups is 1. The van der Waals surface area contributed by atoms with E-state index in [-0.39, 0.29) is 5.97 Å². The van der Waals surface area contributed by atoms with Gasteiger partial charge >= 0.3 is 5.97 Å². The van der Waals surface area contributed by atoms with E-state index in [0.717, 1.165) is 16.8 Å². The van der Waals surface area contributed by atoms with E-state index in [1.165, 1.54) is 7.11 Å². The van der Waals surface area contributed by atoms with Crippen LogP contribution in [-0.4, -0.2) is 23.8 Å². The van der Waals surface area contributed by atoms with E-state index in [1.807, 2.05) is 26.0 Å². The van der Waals surface area contributed by atoms with Crippen LogP contribution in [0, 0.1) is 5.92 Å². The van der Waals surface area contributed by atoms with Crippen molar-refractivity contribution in [3.63, 3.8) is 0 Å². The molecule has 2 aromatic rings. The van der Waals surface area contributed by atoms with Crippen molar-refractivity contribution in [2.75, 3.05) is 7.11 Å². The normalized spacial score (nSPS) is 20.0.